The molecule has 3 aromatic heterocycles. The van der Waals surface area contributed by atoms with E-state index in [0.717, 1.165) is 44.8 Å². The van der Waals surface area contributed by atoms with Gasteiger partial charge in [0.15, 0.2) is 0 Å². The molecular formula is C28H24N4OS. The summed E-state index contributed by atoms with van der Waals surface area (Å²) in [6, 6.07) is 24.7. The minimum absolute atomic E-state index is 0.101. The fraction of sp³-hybridized carbons (Fsp3) is 0.143. The Morgan fingerprint density at radius 2 is 1.68 bits per heavy atom. The molecule has 34 heavy (non-hydrogen) atoms. The van der Waals surface area contributed by atoms with Crippen molar-refractivity contribution in [2.75, 3.05) is 5.32 Å². The largest absolute Gasteiger partial charge is 0.341 e. The van der Waals surface area contributed by atoms with Crippen molar-refractivity contribution in [3.05, 3.63) is 88.9 Å². The maximum Gasteiger partial charge on any atom is 0.265 e. The second-order valence-corrected chi connectivity index (χ2v) is 9.59. The van der Waals surface area contributed by atoms with E-state index in [-0.39, 0.29) is 5.91 Å². The number of aryl methyl sites for hydroxylation is 3. The Morgan fingerprint density at radius 1 is 0.912 bits per heavy atom. The number of hydrogen-bond acceptors (Lipinski definition) is 3. The van der Waals surface area contributed by atoms with Crippen LogP contribution < -0.4 is 5.32 Å². The first-order valence-corrected chi connectivity index (χ1v) is 12.2. The average molecular weight is 465 g/mol. The summed E-state index contributed by atoms with van der Waals surface area (Å²) in [7, 11) is 0. The van der Waals surface area contributed by atoms with E-state index in [2.05, 4.69) is 72.3 Å². The van der Waals surface area contributed by atoms with E-state index < -0.39 is 0 Å². The topological polar surface area (TPSA) is 51.9 Å². The summed E-state index contributed by atoms with van der Waals surface area (Å²) in [6.07, 6.45) is 0. The van der Waals surface area contributed by atoms with Crippen molar-refractivity contribution in [1.29, 1.82) is 0 Å². The van der Waals surface area contributed by atoms with E-state index >= 15 is 0 Å². The van der Waals surface area contributed by atoms with Crippen LogP contribution in [0.4, 0.5) is 5.69 Å². The van der Waals surface area contributed by atoms with Gasteiger partial charge in [-0.15, -0.1) is 11.3 Å². The fourth-order valence-corrected chi connectivity index (χ4v) is 5.86. The molecule has 168 valence electrons. The summed E-state index contributed by atoms with van der Waals surface area (Å²) in [5.41, 5.74) is 6.29. The van der Waals surface area contributed by atoms with Crippen LogP contribution in [0.2, 0.25) is 0 Å². The Balaban J connectivity index is 1.38. The van der Waals surface area contributed by atoms with E-state index in [1.807, 2.05) is 35.9 Å². The zero-order valence-corrected chi connectivity index (χ0v) is 20.1. The first kappa shape index (κ1) is 20.7. The lowest BCUT2D eigenvalue weighted by molar-refractivity contribution is 0.103. The number of hydrogen-bond donors (Lipinski definition) is 1. The molecule has 0 bridgehead atoms. The minimum atomic E-state index is -0.101. The Hall–Kier alpha value is -3.90. The molecule has 0 aliphatic heterocycles. The molecule has 1 amide bonds. The van der Waals surface area contributed by atoms with Gasteiger partial charge in [-0.25, -0.2) is 4.68 Å². The number of carbonyl (C=O) groups excluding carboxylic acids is 1. The summed E-state index contributed by atoms with van der Waals surface area (Å²) >= 11 is 1.47. The van der Waals surface area contributed by atoms with Crippen LogP contribution in [0.3, 0.4) is 0 Å². The predicted molar refractivity (Wildman–Crippen MR) is 141 cm³/mol. The average Bonchev–Trinajstić information content (AvgIpc) is 3.51. The number of nitrogens with zero attached hydrogens (tertiary/aromatic N) is 3. The molecule has 5 nitrogen and oxygen atoms in total. The van der Waals surface area contributed by atoms with Crippen LogP contribution in [0.1, 0.15) is 27.9 Å². The lowest BCUT2D eigenvalue weighted by atomic mass is 10.1. The van der Waals surface area contributed by atoms with Crippen molar-refractivity contribution in [2.45, 2.75) is 27.3 Å². The molecule has 0 radical (unpaired) electrons. The highest BCUT2D eigenvalue weighted by Gasteiger charge is 2.18. The highest BCUT2D eigenvalue weighted by Crippen LogP contribution is 2.33. The second kappa shape index (κ2) is 7.85. The molecule has 0 unspecified atom stereocenters. The first-order chi connectivity index (χ1) is 16.5. The van der Waals surface area contributed by atoms with E-state index in [0.29, 0.717) is 4.88 Å². The zero-order valence-electron chi connectivity index (χ0n) is 19.3. The smallest absolute Gasteiger partial charge is 0.265 e. The van der Waals surface area contributed by atoms with Crippen molar-refractivity contribution < 1.29 is 4.79 Å². The molecule has 6 rings (SSSR count). The van der Waals surface area contributed by atoms with Gasteiger partial charge in [-0.05, 0) is 62.7 Å². The van der Waals surface area contributed by atoms with Crippen LogP contribution in [-0.4, -0.2) is 20.3 Å². The van der Waals surface area contributed by atoms with Gasteiger partial charge in [0.1, 0.15) is 4.83 Å². The van der Waals surface area contributed by atoms with Gasteiger partial charge < -0.3 is 9.88 Å². The molecule has 0 atom stereocenters. The molecule has 0 saturated heterocycles. The lowest BCUT2D eigenvalue weighted by Crippen LogP contribution is -2.10. The Kier molecular flexibility index (Phi) is 4.78. The van der Waals surface area contributed by atoms with Gasteiger partial charge >= 0.3 is 0 Å². The summed E-state index contributed by atoms with van der Waals surface area (Å²) in [4.78, 5) is 14.9. The minimum Gasteiger partial charge on any atom is -0.341 e. The molecule has 6 aromatic rings. The fourth-order valence-electron chi connectivity index (χ4n) is 4.79. The van der Waals surface area contributed by atoms with Crippen LogP contribution in [0.25, 0.3) is 37.7 Å². The van der Waals surface area contributed by atoms with E-state index in [4.69, 9.17) is 5.10 Å². The number of carbonyl (C=O) groups is 1. The summed E-state index contributed by atoms with van der Waals surface area (Å²) in [5.74, 6) is -0.101. The van der Waals surface area contributed by atoms with Gasteiger partial charge in [0.05, 0.1) is 16.3 Å². The van der Waals surface area contributed by atoms with E-state index in [1.54, 1.807) is 0 Å². The molecule has 0 fully saturated rings. The molecule has 6 heteroatoms. The van der Waals surface area contributed by atoms with Gasteiger partial charge in [-0.1, -0.05) is 36.4 Å². The predicted octanol–water partition coefficient (Wildman–Crippen LogP) is 7.08. The normalized spacial score (nSPS) is 11.6. The van der Waals surface area contributed by atoms with Gasteiger partial charge in [0, 0.05) is 39.4 Å². The molecule has 0 spiro atoms. The van der Waals surface area contributed by atoms with Crippen LogP contribution >= 0.6 is 11.3 Å². The molecular weight excluding hydrogens is 440 g/mol. The number of benzene rings is 3. The summed E-state index contributed by atoms with van der Waals surface area (Å²) in [5, 5.41) is 11.2. The third-order valence-electron chi connectivity index (χ3n) is 6.46. The van der Waals surface area contributed by atoms with Crippen LogP contribution in [0, 0.1) is 13.8 Å². The maximum absolute atomic E-state index is 13.2. The molecule has 0 saturated carbocycles. The van der Waals surface area contributed by atoms with Crippen molar-refractivity contribution in [1.82, 2.24) is 14.3 Å². The molecule has 1 N–H and O–H groups in total. The maximum atomic E-state index is 13.2. The highest BCUT2D eigenvalue weighted by molar-refractivity contribution is 7.20. The van der Waals surface area contributed by atoms with Crippen LogP contribution in [-0.2, 0) is 6.54 Å². The van der Waals surface area contributed by atoms with Gasteiger partial charge in [0.2, 0.25) is 0 Å². The van der Waals surface area contributed by atoms with Crippen LogP contribution in [0.5, 0.6) is 0 Å². The Morgan fingerprint density at radius 3 is 2.50 bits per heavy atom. The molecule has 0 aliphatic carbocycles. The van der Waals surface area contributed by atoms with Crippen LogP contribution in [0.15, 0.2) is 72.8 Å². The molecule has 0 aliphatic rings. The van der Waals surface area contributed by atoms with Gasteiger partial charge in [-0.3, -0.25) is 4.79 Å². The third-order valence-corrected chi connectivity index (χ3v) is 7.57. The molecule has 3 aromatic carbocycles. The van der Waals surface area contributed by atoms with Gasteiger partial charge in [0.25, 0.3) is 5.91 Å². The highest BCUT2D eigenvalue weighted by atomic mass is 32.1. The first-order valence-electron chi connectivity index (χ1n) is 11.4. The number of rotatable bonds is 4. The number of aromatic nitrogens is 3. The number of nitrogens with one attached hydrogen (secondary N) is 1. The number of fused-ring (bicyclic) bond motifs is 4. The van der Waals surface area contributed by atoms with Crippen molar-refractivity contribution >= 4 is 55.0 Å². The van der Waals surface area contributed by atoms with E-state index in [9.17, 15) is 4.79 Å². The SMILES string of the molecule is CCn1c2ccccc2c2cc(NC(=O)c3cc4c(C)nn(-c5ccccc5C)c4s3)ccc21. The molecule has 3 heterocycles. The standard InChI is InChI=1S/C28H24N4OS/c1-4-31-24-12-8-6-10-20(24)22-15-19(13-14-25(22)31)29-27(33)26-16-21-18(3)30-32(28(21)34-26)23-11-7-5-9-17(23)2/h5-16H,4H2,1-3H3,(H,29,33). The Bertz CT molecular complexity index is 1720. The number of para-hydroxylation sites is 2. The second-order valence-electron chi connectivity index (χ2n) is 8.56. The lowest BCUT2D eigenvalue weighted by Gasteiger charge is -2.06. The van der Waals surface area contributed by atoms with E-state index in [1.165, 1.54) is 27.8 Å². The zero-order chi connectivity index (χ0) is 23.4. The summed E-state index contributed by atoms with van der Waals surface area (Å²) < 4.78 is 4.26. The Labute approximate surface area is 201 Å². The quantitative estimate of drug-likeness (QED) is 0.303. The van der Waals surface area contributed by atoms with Crippen molar-refractivity contribution in [3.8, 4) is 5.69 Å². The number of thiophene rings is 1. The van der Waals surface area contributed by atoms with Crippen molar-refractivity contribution in [2.24, 2.45) is 0 Å². The number of anilines is 1. The monoisotopic (exact) mass is 464 g/mol. The number of amides is 1. The van der Waals surface area contributed by atoms with Gasteiger partial charge in [-0.2, -0.15) is 5.10 Å². The summed E-state index contributed by atoms with van der Waals surface area (Å²) in [6.45, 7) is 7.12. The van der Waals surface area contributed by atoms with Crippen molar-refractivity contribution in [3.63, 3.8) is 0 Å². The third kappa shape index (κ3) is 3.14.